The first-order chi connectivity index (χ1) is 11.6. The Hall–Kier alpha value is -2.83. The number of ether oxygens (including phenoxy) is 1. The van der Waals surface area contributed by atoms with E-state index < -0.39 is 4.92 Å². The summed E-state index contributed by atoms with van der Waals surface area (Å²) in [4.78, 5) is 14.6. The van der Waals surface area contributed by atoms with Crippen LogP contribution in [0.1, 0.15) is 0 Å². The summed E-state index contributed by atoms with van der Waals surface area (Å²) in [5.74, 6) is 0.207. The van der Waals surface area contributed by atoms with Crippen LogP contribution in [-0.2, 0) is 0 Å². The molecule has 0 bridgehead atoms. The van der Waals surface area contributed by atoms with Gasteiger partial charge in [-0.05, 0) is 24.3 Å². The van der Waals surface area contributed by atoms with Crippen molar-refractivity contribution in [3.05, 3.63) is 58.4 Å². The highest BCUT2D eigenvalue weighted by Gasteiger charge is 2.20. The number of non-ortho nitro benzene ring substituents is 1. The number of anilines is 2. The summed E-state index contributed by atoms with van der Waals surface area (Å²) in [7, 11) is 1.53. The van der Waals surface area contributed by atoms with Crippen molar-refractivity contribution >= 4 is 17.1 Å². The summed E-state index contributed by atoms with van der Waals surface area (Å²) in [6, 6.07) is 11.1. The molecule has 0 N–H and O–H groups in total. The molecule has 6 nitrogen and oxygen atoms in total. The highest BCUT2D eigenvalue weighted by Crippen LogP contribution is 2.30. The quantitative estimate of drug-likeness (QED) is 0.636. The number of halogens is 1. The van der Waals surface area contributed by atoms with Gasteiger partial charge in [0.25, 0.3) is 5.69 Å². The first kappa shape index (κ1) is 16.0. The van der Waals surface area contributed by atoms with Crippen LogP contribution in [0.2, 0.25) is 0 Å². The molecule has 0 radical (unpaired) electrons. The fourth-order valence-electron chi connectivity index (χ4n) is 2.90. The maximum Gasteiger partial charge on any atom is 0.269 e. The molecule has 1 saturated heterocycles. The second-order valence-electron chi connectivity index (χ2n) is 5.56. The van der Waals surface area contributed by atoms with Gasteiger partial charge in [-0.15, -0.1) is 0 Å². The van der Waals surface area contributed by atoms with Crippen LogP contribution in [-0.4, -0.2) is 38.2 Å². The van der Waals surface area contributed by atoms with Gasteiger partial charge in [0.15, 0.2) is 0 Å². The maximum absolute atomic E-state index is 13.3. The van der Waals surface area contributed by atoms with Crippen molar-refractivity contribution in [2.45, 2.75) is 0 Å². The van der Waals surface area contributed by atoms with Crippen molar-refractivity contribution in [1.82, 2.24) is 0 Å². The van der Waals surface area contributed by atoms with Gasteiger partial charge in [-0.2, -0.15) is 0 Å². The molecule has 0 aliphatic carbocycles. The lowest BCUT2D eigenvalue weighted by atomic mass is 10.2. The summed E-state index contributed by atoms with van der Waals surface area (Å²) in [5, 5.41) is 10.7. The molecule has 1 heterocycles. The average molecular weight is 331 g/mol. The lowest BCUT2D eigenvalue weighted by Crippen LogP contribution is -2.46. The van der Waals surface area contributed by atoms with Gasteiger partial charge in [-0.1, -0.05) is 0 Å². The Morgan fingerprint density at radius 1 is 1.04 bits per heavy atom. The zero-order chi connectivity index (χ0) is 17.1. The predicted octanol–water partition coefficient (Wildman–Crippen LogP) is 3.07. The van der Waals surface area contributed by atoms with Gasteiger partial charge in [-0.25, -0.2) is 4.39 Å². The van der Waals surface area contributed by atoms with Crippen LogP contribution in [0.5, 0.6) is 5.75 Å². The molecule has 2 aromatic rings. The van der Waals surface area contributed by atoms with Gasteiger partial charge in [-0.3, -0.25) is 10.1 Å². The van der Waals surface area contributed by atoms with E-state index in [1.165, 1.54) is 31.4 Å². The molecule has 1 aliphatic rings. The highest BCUT2D eigenvalue weighted by atomic mass is 19.1. The van der Waals surface area contributed by atoms with Crippen molar-refractivity contribution in [3.63, 3.8) is 0 Å². The molecule has 7 heteroatoms. The van der Waals surface area contributed by atoms with Crippen molar-refractivity contribution in [2.24, 2.45) is 0 Å². The number of benzene rings is 2. The molecule has 3 rings (SSSR count). The van der Waals surface area contributed by atoms with Crippen LogP contribution in [0, 0.1) is 15.9 Å². The minimum absolute atomic E-state index is 0.0911. The topological polar surface area (TPSA) is 58.8 Å². The number of rotatable bonds is 4. The summed E-state index contributed by atoms with van der Waals surface area (Å²) in [6.45, 7) is 3.08. The van der Waals surface area contributed by atoms with Crippen LogP contribution in [0.15, 0.2) is 42.5 Å². The van der Waals surface area contributed by atoms with Crippen molar-refractivity contribution in [3.8, 4) is 5.75 Å². The van der Waals surface area contributed by atoms with E-state index in [1.807, 2.05) is 0 Å². The number of hydrogen-bond acceptors (Lipinski definition) is 5. The van der Waals surface area contributed by atoms with E-state index in [9.17, 15) is 14.5 Å². The standard InChI is InChI=1S/C17H18FN3O3/c1-24-17-12-13(18)2-7-16(17)20-10-8-19(9-11-20)14-3-5-15(6-4-14)21(22)23/h2-7,12H,8-11H2,1H3. The van der Waals surface area contributed by atoms with Gasteiger partial charge in [0, 0.05) is 50.1 Å². The molecule has 0 saturated carbocycles. The smallest absolute Gasteiger partial charge is 0.269 e. The number of hydrogen-bond donors (Lipinski definition) is 0. The molecule has 0 spiro atoms. The molecule has 0 atom stereocenters. The third-order valence-electron chi connectivity index (χ3n) is 4.19. The largest absolute Gasteiger partial charge is 0.494 e. The zero-order valence-electron chi connectivity index (χ0n) is 13.3. The molecular formula is C17H18FN3O3. The summed E-state index contributed by atoms with van der Waals surface area (Å²) in [6.07, 6.45) is 0. The van der Waals surface area contributed by atoms with Crippen LogP contribution >= 0.6 is 0 Å². The SMILES string of the molecule is COc1cc(F)ccc1N1CCN(c2ccc([N+](=O)[O-])cc2)CC1. The molecule has 24 heavy (non-hydrogen) atoms. The predicted molar refractivity (Wildman–Crippen MR) is 90.5 cm³/mol. The van der Waals surface area contributed by atoms with E-state index in [4.69, 9.17) is 4.74 Å². The van der Waals surface area contributed by atoms with Crippen LogP contribution in [0.25, 0.3) is 0 Å². The molecule has 2 aromatic carbocycles. The maximum atomic E-state index is 13.3. The Morgan fingerprint density at radius 2 is 1.67 bits per heavy atom. The third kappa shape index (κ3) is 3.24. The van der Waals surface area contributed by atoms with Gasteiger partial charge in [0.2, 0.25) is 0 Å². The van der Waals surface area contributed by atoms with E-state index in [0.717, 1.165) is 37.6 Å². The minimum Gasteiger partial charge on any atom is -0.494 e. The number of piperazine rings is 1. The normalized spacial score (nSPS) is 14.6. The Labute approximate surface area is 139 Å². The molecule has 1 fully saturated rings. The van der Waals surface area contributed by atoms with Crippen molar-refractivity contribution in [2.75, 3.05) is 43.1 Å². The van der Waals surface area contributed by atoms with Gasteiger partial charge in [0.05, 0.1) is 17.7 Å². The van der Waals surface area contributed by atoms with Crippen molar-refractivity contribution < 1.29 is 14.1 Å². The molecule has 0 aromatic heterocycles. The van der Waals surface area contributed by atoms with E-state index in [1.54, 1.807) is 18.2 Å². The molecular weight excluding hydrogens is 313 g/mol. The van der Waals surface area contributed by atoms with Gasteiger partial charge in [0.1, 0.15) is 11.6 Å². The van der Waals surface area contributed by atoms with Gasteiger partial charge >= 0.3 is 0 Å². The second kappa shape index (κ2) is 6.74. The Bertz CT molecular complexity index is 728. The highest BCUT2D eigenvalue weighted by molar-refractivity contribution is 5.60. The molecule has 0 unspecified atom stereocenters. The first-order valence-corrected chi connectivity index (χ1v) is 7.66. The van der Waals surface area contributed by atoms with Crippen LogP contribution < -0.4 is 14.5 Å². The summed E-state index contributed by atoms with van der Waals surface area (Å²) >= 11 is 0. The Kier molecular flexibility index (Phi) is 4.50. The van der Waals surface area contributed by atoms with E-state index in [0.29, 0.717) is 5.75 Å². The lowest BCUT2D eigenvalue weighted by molar-refractivity contribution is -0.384. The van der Waals surface area contributed by atoms with E-state index in [-0.39, 0.29) is 11.5 Å². The number of nitro groups is 1. The molecule has 0 amide bonds. The fraction of sp³-hybridized carbons (Fsp3) is 0.294. The third-order valence-corrected chi connectivity index (χ3v) is 4.19. The van der Waals surface area contributed by atoms with Crippen LogP contribution in [0.3, 0.4) is 0 Å². The lowest BCUT2D eigenvalue weighted by Gasteiger charge is -2.37. The second-order valence-corrected chi connectivity index (χ2v) is 5.56. The summed E-state index contributed by atoms with van der Waals surface area (Å²) in [5.41, 5.74) is 1.93. The monoisotopic (exact) mass is 331 g/mol. The minimum atomic E-state index is -0.400. The van der Waals surface area contributed by atoms with E-state index >= 15 is 0 Å². The molecule has 126 valence electrons. The number of nitrogens with zero attached hydrogens (tertiary/aromatic N) is 3. The Morgan fingerprint density at radius 3 is 2.25 bits per heavy atom. The number of nitro benzene ring substituents is 1. The van der Waals surface area contributed by atoms with Crippen molar-refractivity contribution in [1.29, 1.82) is 0 Å². The summed E-state index contributed by atoms with van der Waals surface area (Å²) < 4.78 is 18.6. The van der Waals surface area contributed by atoms with Gasteiger partial charge < -0.3 is 14.5 Å². The zero-order valence-corrected chi connectivity index (χ0v) is 13.3. The van der Waals surface area contributed by atoms with Crippen LogP contribution in [0.4, 0.5) is 21.5 Å². The number of methoxy groups -OCH3 is 1. The molecule has 1 aliphatic heterocycles. The fourth-order valence-corrected chi connectivity index (χ4v) is 2.90. The first-order valence-electron chi connectivity index (χ1n) is 7.66. The average Bonchev–Trinajstić information content (AvgIpc) is 2.62. The Balaban J connectivity index is 1.68. The van der Waals surface area contributed by atoms with E-state index in [2.05, 4.69) is 9.80 Å².